The second-order valence-corrected chi connectivity index (χ2v) is 6.60. The number of aliphatic imine (C=N–C) groups is 1. The summed E-state index contributed by atoms with van der Waals surface area (Å²) in [5, 5.41) is 4.07. The first-order valence-electron chi connectivity index (χ1n) is 6.87. The highest BCUT2D eigenvalue weighted by Crippen LogP contribution is 2.36. The van der Waals surface area contributed by atoms with Crippen molar-refractivity contribution in [1.82, 2.24) is 5.32 Å². The van der Waals surface area contributed by atoms with Crippen molar-refractivity contribution >= 4 is 34.8 Å². The van der Waals surface area contributed by atoms with Crippen LogP contribution >= 0.6 is 23.2 Å². The van der Waals surface area contributed by atoms with Crippen molar-refractivity contribution in [2.75, 3.05) is 0 Å². The third kappa shape index (κ3) is 2.45. The molecule has 0 atom stereocenters. The maximum Gasteiger partial charge on any atom is 0.272 e. The summed E-state index contributed by atoms with van der Waals surface area (Å²) in [6.07, 6.45) is 3.97. The molecule has 1 amide bonds. The third-order valence-electron chi connectivity index (χ3n) is 4.17. The van der Waals surface area contributed by atoms with Gasteiger partial charge in [0, 0.05) is 10.6 Å². The number of nitrogens with one attached hydrogen (secondary N) is 1. The van der Waals surface area contributed by atoms with Crippen molar-refractivity contribution in [2.24, 2.45) is 10.9 Å². The molecule has 20 heavy (non-hydrogen) atoms. The van der Waals surface area contributed by atoms with Gasteiger partial charge in [0.15, 0.2) is 0 Å². The van der Waals surface area contributed by atoms with Crippen molar-refractivity contribution in [3.05, 3.63) is 33.8 Å². The van der Waals surface area contributed by atoms with E-state index in [4.69, 9.17) is 23.2 Å². The van der Waals surface area contributed by atoms with Gasteiger partial charge in [0.1, 0.15) is 11.4 Å². The Morgan fingerprint density at radius 1 is 1.30 bits per heavy atom. The van der Waals surface area contributed by atoms with Gasteiger partial charge in [-0.1, -0.05) is 30.1 Å². The fourth-order valence-electron chi connectivity index (χ4n) is 2.90. The molecule has 2 aliphatic rings. The normalized spacial score (nSPS) is 29.4. The molecular formula is C15H16Cl2N2O. The molecular weight excluding hydrogens is 295 g/mol. The zero-order chi connectivity index (χ0) is 14.3. The molecule has 106 valence electrons. The van der Waals surface area contributed by atoms with Crippen molar-refractivity contribution in [3.8, 4) is 0 Å². The summed E-state index contributed by atoms with van der Waals surface area (Å²) in [5.41, 5.74) is 0.673. The van der Waals surface area contributed by atoms with Crippen LogP contribution in [0.25, 0.3) is 0 Å². The lowest BCUT2D eigenvalue weighted by atomic mass is 9.83. The predicted octanol–water partition coefficient (Wildman–Crippen LogP) is 3.82. The minimum Gasteiger partial charge on any atom is -0.326 e. The zero-order valence-corrected chi connectivity index (χ0v) is 12.8. The number of rotatable bonds is 1. The summed E-state index contributed by atoms with van der Waals surface area (Å²) < 4.78 is 0. The number of amides is 1. The largest absolute Gasteiger partial charge is 0.326 e. The number of nitrogens with zero attached hydrogens (tertiary/aromatic N) is 1. The van der Waals surface area contributed by atoms with Crippen molar-refractivity contribution in [1.29, 1.82) is 0 Å². The fraction of sp³-hybridized carbons (Fsp3) is 0.467. The third-order valence-corrected chi connectivity index (χ3v) is 4.72. The van der Waals surface area contributed by atoms with Gasteiger partial charge in [0.2, 0.25) is 0 Å². The van der Waals surface area contributed by atoms with E-state index in [1.165, 1.54) is 0 Å². The molecule has 0 bridgehead atoms. The average molecular weight is 311 g/mol. The van der Waals surface area contributed by atoms with Crippen LogP contribution < -0.4 is 5.32 Å². The SMILES string of the molecule is CC1CCC2(CC1)N=C(c1ccc(Cl)cc1Cl)C(=O)N2. The maximum atomic E-state index is 12.2. The van der Waals surface area contributed by atoms with Gasteiger partial charge in [0.25, 0.3) is 5.91 Å². The number of halogens is 2. The van der Waals surface area contributed by atoms with E-state index in [1.54, 1.807) is 18.2 Å². The van der Waals surface area contributed by atoms with Crippen LogP contribution in [0.5, 0.6) is 0 Å². The van der Waals surface area contributed by atoms with Gasteiger partial charge in [0.05, 0.1) is 5.02 Å². The lowest BCUT2D eigenvalue weighted by Crippen LogP contribution is -2.45. The molecule has 1 aromatic carbocycles. The van der Waals surface area contributed by atoms with Gasteiger partial charge >= 0.3 is 0 Å². The number of benzene rings is 1. The van der Waals surface area contributed by atoms with Crippen LogP contribution in [0.4, 0.5) is 0 Å². The number of hydrogen-bond donors (Lipinski definition) is 1. The molecule has 1 aromatic rings. The topological polar surface area (TPSA) is 41.5 Å². The monoisotopic (exact) mass is 310 g/mol. The average Bonchev–Trinajstić information content (AvgIpc) is 2.71. The van der Waals surface area contributed by atoms with Crippen LogP contribution in [0.15, 0.2) is 23.2 Å². The second kappa shape index (κ2) is 5.05. The summed E-state index contributed by atoms with van der Waals surface area (Å²) >= 11 is 12.1. The standard InChI is InChI=1S/C15H16Cl2N2O/c1-9-4-6-15(7-5-9)18-13(14(20)19-15)11-3-2-10(16)8-12(11)17/h2-3,8-9H,4-7H2,1H3,(H,19,20). The van der Waals surface area contributed by atoms with Gasteiger partial charge in [-0.25, -0.2) is 0 Å². The Morgan fingerprint density at radius 2 is 2.00 bits per heavy atom. The van der Waals surface area contributed by atoms with Crippen LogP contribution in [0, 0.1) is 5.92 Å². The van der Waals surface area contributed by atoms with E-state index in [1.807, 2.05) is 0 Å². The molecule has 0 saturated heterocycles. The maximum absolute atomic E-state index is 12.2. The molecule has 1 aliphatic carbocycles. The Bertz CT molecular complexity index is 590. The van der Waals surface area contributed by atoms with E-state index < -0.39 is 5.66 Å². The number of carbonyl (C=O) groups excluding carboxylic acids is 1. The van der Waals surface area contributed by atoms with Crippen LogP contribution in [0.3, 0.4) is 0 Å². The molecule has 3 rings (SSSR count). The summed E-state index contributed by atoms with van der Waals surface area (Å²) in [7, 11) is 0. The van der Waals surface area contributed by atoms with Gasteiger partial charge in [-0.3, -0.25) is 9.79 Å². The number of carbonyl (C=O) groups is 1. The van der Waals surface area contributed by atoms with Crippen LogP contribution in [0.1, 0.15) is 38.2 Å². The van der Waals surface area contributed by atoms with Crippen LogP contribution in [-0.4, -0.2) is 17.3 Å². The second-order valence-electron chi connectivity index (χ2n) is 5.75. The van der Waals surface area contributed by atoms with E-state index in [2.05, 4.69) is 17.2 Å². The van der Waals surface area contributed by atoms with E-state index in [9.17, 15) is 4.79 Å². The fourth-order valence-corrected chi connectivity index (χ4v) is 3.40. The zero-order valence-electron chi connectivity index (χ0n) is 11.2. The molecule has 1 fully saturated rings. The van der Waals surface area contributed by atoms with Crippen molar-refractivity contribution < 1.29 is 4.79 Å². The minimum absolute atomic E-state index is 0.135. The van der Waals surface area contributed by atoms with Crippen molar-refractivity contribution in [3.63, 3.8) is 0 Å². The summed E-state index contributed by atoms with van der Waals surface area (Å²) in [6.45, 7) is 2.24. The Balaban J connectivity index is 1.95. The molecule has 3 nitrogen and oxygen atoms in total. The highest BCUT2D eigenvalue weighted by Gasteiger charge is 2.42. The first-order valence-corrected chi connectivity index (χ1v) is 7.62. The summed E-state index contributed by atoms with van der Waals surface area (Å²) in [5.74, 6) is 0.569. The molecule has 1 saturated carbocycles. The molecule has 1 spiro atoms. The molecule has 1 heterocycles. The van der Waals surface area contributed by atoms with Gasteiger partial charge in [-0.05, 0) is 49.8 Å². The first-order chi connectivity index (χ1) is 9.49. The molecule has 1 N–H and O–H groups in total. The van der Waals surface area contributed by atoms with E-state index in [0.29, 0.717) is 27.2 Å². The molecule has 0 radical (unpaired) electrons. The first kappa shape index (κ1) is 13.9. The predicted molar refractivity (Wildman–Crippen MR) is 81.5 cm³/mol. The van der Waals surface area contributed by atoms with Gasteiger partial charge in [-0.2, -0.15) is 0 Å². The van der Waals surface area contributed by atoms with E-state index in [-0.39, 0.29) is 5.91 Å². The quantitative estimate of drug-likeness (QED) is 0.841. The highest BCUT2D eigenvalue weighted by atomic mass is 35.5. The molecule has 0 unspecified atom stereocenters. The summed E-state index contributed by atoms with van der Waals surface area (Å²) in [4.78, 5) is 16.9. The Hall–Kier alpha value is -1.06. The Kier molecular flexibility index (Phi) is 3.51. The summed E-state index contributed by atoms with van der Waals surface area (Å²) in [6, 6.07) is 5.13. The lowest BCUT2D eigenvalue weighted by Gasteiger charge is -2.33. The Labute approximate surface area is 128 Å². The molecule has 0 aromatic heterocycles. The van der Waals surface area contributed by atoms with Crippen molar-refractivity contribution in [2.45, 2.75) is 38.3 Å². The van der Waals surface area contributed by atoms with E-state index >= 15 is 0 Å². The van der Waals surface area contributed by atoms with E-state index in [0.717, 1.165) is 25.7 Å². The van der Waals surface area contributed by atoms with Crippen LogP contribution in [-0.2, 0) is 4.79 Å². The lowest BCUT2D eigenvalue weighted by molar-refractivity contribution is -0.115. The van der Waals surface area contributed by atoms with Gasteiger partial charge in [-0.15, -0.1) is 0 Å². The smallest absolute Gasteiger partial charge is 0.272 e. The number of hydrogen-bond acceptors (Lipinski definition) is 2. The Morgan fingerprint density at radius 3 is 2.65 bits per heavy atom. The molecule has 5 heteroatoms. The van der Waals surface area contributed by atoms with Gasteiger partial charge < -0.3 is 5.32 Å². The minimum atomic E-state index is -0.415. The highest BCUT2D eigenvalue weighted by molar-refractivity contribution is 6.50. The molecule has 1 aliphatic heterocycles. The van der Waals surface area contributed by atoms with Crippen LogP contribution in [0.2, 0.25) is 10.0 Å².